The summed E-state index contributed by atoms with van der Waals surface area (Å²) >= 11 is 0. The van der Waals surface area contributed by atoms with Gasteiger partial charge in [-0.3, -0.25) is 9.59 Å². The maximum Gasteiger partial charge on any atom is 0.235 e. The Bertz CT molecular complexity index is 1030. The fraction of sp³-hybridized carbons (Fsp3) is 0.375. The quantitative estimate of drug-likeness (QED) is 0.685. The zero-order chi connectivity index (χ0) is 20.6. The fourth-order valence-corrected chi connectivity index (χ4v) is 4.95. The van der Waals surface area contributed by atoms with Crippen molar-refractivity contribution in [3.8, 4) is 0 Å². The van der Waals surface area contributed by atoms with Crippen LogP contribution < -0.4 is 5.32 Å². The summed E-state index contributed by atoms with van der Waals surface area (Å²) in [7, 11) is 0. The molecule has 2 fully saturated rings. The Morgan fingerprint density at radius 1 is 1.07 bits per heavy atom. The highest BCUT2D eigenvalue weighted by Gasteiger charge is 2.42. The molecule has 2 saturated heterocycles. The molecule has 4 heterocycles. The molecule has 0 saturated carbocycles. The smallest absolute Gasteiger partial charge is 0.235 e. The van der Waals surface area contributed by atoms with E-state index in [4.69, 9.17) is 4.98 Å². The minimum Gasteiger partial charge on any atom is -0.355 e. The molecule has 2 aromatic heterocycles. The number of rotatable bonds is 3. The van der Waals surface area contributed by atoms with E-state index >= 15 is 0 Å². The number of carbonyl (C=O) groups excluding carboxylic acids is 2. The minimum atomic E-state index is -0.529. The number of hydrogen-bond acceptors (Lipinski definition) is 3. The van der Waals surface area contributed by atoms with Crippen LogP contribution in [0.2, 0.25) is 0 Å². The average Bonchev–Trinajstić information content (AvgIpc) is 3.24. The van der Waals surface area contributed by atoms with Crippen molar-refractivity contribution in [3.05, 3.63) is 72.2 Å². The maximum atomic E-state index is 13.0. The second-order valence-corrected chi connectivity index (χ2v) is 8.35. The van der Waals surface area contributed by atoms with Gasteiger partial charge in [0, 0.05) is 37.4 Å². The van der Waals surface area contributed by atoms with Gasteiger partial charge in [0.1, 0.15) is 11.6 Å². The molecule has 5 rings (SSSR count). The SMILES string of the molecule is O=C1NCCCC1C(=O)N1CCC(c2ccccc2)(c2cn3ccccc3n2)CC1. The van der Waals surface area contributed by atoms with Crippen LogP contribution in [0.1, 0.15) is 36.9 Å². The minimum absolute atomic E-state index is 0.0242. The van der Waals surface area contributed by atoms with Crippen LogP contribution in [0.5, 0.6) is 0 Å². The van der Waals surface area contributed by atoms with Crippen LogP contribution in [-0.4, -0.2) is 45.7 Å². The first-order valence-corrected chi connectivity index (χ1v) is 10.7. The van der Waals surface area contributed by atoms with Crippen LogP contribution in [0, 0.1) is 5.92 Å². The Hall–Kier alpha value is -3.15. The van der Waals surface area contributed by atoms with Crippen molar-refractivity contribution in [2.75, 3.05) is 19.6 Å². The molecule has 1 atom stereocenters. The van der Waals surface area contributed by atoms with Crippen LogP contribution in [-0.2, 0) is 15.0 Å². The number of likely N-dealkylation sites (tertiary alicyclic amines) is 1. The Kier molecular flexibility index (Phi) is 4.77. The molecular formula is C24H26N4O2. The van der Waals surface area contributed by atoms with Gasteiger partial charge in [-0.25, -0.2) is 4.98 Å². The van der Waals surface area contributed by atoms with Crippen molar-refractivity contribution in [3.63, 3.8) is 0 Å². The summed E-state index contributed by atoms with van der Waals surface area (Å²) in [5.74, 6) is -0.673. The number of hydrogen-bond donors (Lipinski definition) is 1. The van der Waals surface area contributed by atoms with E-state index < -0.39 is 5.92 Å². The molecule has 0 bridgehead atoms. The first-order valence-electron chi connectivity index (χ1n) is 10.7. The number of aromatic nitrogens is 2. The molecule has 1 unspecified atom stereocenters. The van der Waals surface area contributed by atoms with E-state index in [1.165, 1.54) is 5.56 Å². The van der Waals surface area contributed by atoms with Crippen LogP contribution in [0.15, 0.2) is 60.9 Å². The summed E-state index contributed by atoms with van der Waals surface area (Å²) in [6.45, 7) is 1.93. The lowest BCUT2D eigenvalue weighted by Gasteiger charge is -2.42. The zero-order valence-corrected chi connectivity index (χ0v) is 17.0. The normalized spacial score (nSPS) is 21.4. The highest BCUT2D eigenvalue weighted by Crippen LogP contribution is 2.41. The van der Waals surface area contributed by atoms with E-state index in [0.717, 1.165) is 30.6 Å². The number of amides is 2. The molecule has 1 N–H and O–H groups in total. The predicted octanol–water partition coefficient (Wildman–Crippen LogP) is 2.77. The second kappa shape index (κ2) is 7.59. The van der Waals surface area contributed by atoms with E-state index in [-0.39, 0.29) is 17.2 Å². The van der Waals surface area contributed by atoms with Crippen molar-refractivity contribution in [2.24, 2.45) is 5.92 Å². The Balaban J connectivity index is 1.45. The highest BCUT2D eigenvalue weighted by molar-refractivity contribution is 6.00. The largest absolute Gasteiger partial charge is 0.355 e. The summed E-state index contributed by atoms with van der Waals surface area (Å²) < 4.78 is 2.06. The third kappa shape index (κ3) is 3.16. The topological polar surface area (TPSA) is 66.7 Å². The van der Waals surface area contributed by atoms with Crippen LogP contribution >= 0.6 is 0 Å². The fourth-order valence-electron chi connectivity index (χ4n) is 4.95. The molecule has 0 spiro atoms. The van der Waals surface area contributed by atoms with E-state index in [1.807, 2.05) is 35.4 Å². The Morgan fingerprint density at radius 2 is 1.83 bits per heavy atom. The Morgan fingerprint density at radius 3 is 2.57 bits per heavy atom. The van der Waals surface area contributed by atoms with Crippen molar-refractivity contribution >= 4 is 17.5 Å². The maximum absolute atomic E-state index is 13.0. The van der Waals surface area contributed by atoms with Crippen molar-refractivity contribution < 1.29 is 9.59 Å². The summed E-state index contributed by atoms with van der Waals surface area (Å²) in [6.07, 6.45) is 7.24. The molecule has 6 nitrogen and oxygen atoms in total. The number of piperidine rings is 2. The van der Waals surface area contributed by atoms with Crippen molar-refractivity contribution in [1.29, 1.82) is 0 Å². The van der Waals surface area contributed by atoms with Gasteiger partial charge in [0.05, 0.1) is 5.69 Å². The molecule has 0 aliphatic carbocycles. The van der Waals surface area contributed by atoms with Gasteiger partial charge < -0.3 is 14.6 Å². The summed E-state index contributed by atoms with van der Waals surface area (Å²) in [5.41, 5.74) is 2.97. The molecule has 2 amide bonds. The van der Waals surface area contributed by atoms with Crippen LogP contribution in [0.3, 0.4) is 0 Å². The number of carbonyl (C=O) groups is 2. The predicted molar refractivity (Wildman–Crippen MR) is 114 cm³/mol. The van der Waals surface area contributed by atoms with Gasteiger partial charge in [-0.2, -0.15) is 0 Å². The first-order chi connectivity index (χ1) is 14.7. The lowest BCUT2D eigenvalue weighted by molar-refractivity contribution is -0.144. The average molecular weight is 402 g/mol. The summed E-state index contributed by atoms with van der Waals surface area (Å²) in [5, 5.41) is 2.84. The number of nitrogens with zero attached hydrogens (tertiary/aromatic N) is 3. The van der Waals surface area contributed by atoms with Gasteiger partial charge in [0.15, 0.2) is 0 Å². The lowest BCUT2D eigenvalue weighted by atomic mass is 9.70. The van der Waals surface area contributed by atoms with Gasteiger partial charge in [-0.1, -0.05) is 36.4 Å². The molecule has 2 aliphatic heterocycles. The van der Waals surface area contributed by atoms with Gasteiger partial charge in [-0.15, -0.1) is 0 Å². The third-order valence-electron chi connectivity index (χ3n) is 6.69. The van der Waals surface area contributed by atoms with Gasteiger partial charge in [0.2, 0.25) is 11.8 Å². The third-order valence-corrected chi connectivity index (χ3v) is 6.69. The summed E-state index contributed by atoms with van der Waals surface area (Å²) in [4.78, 5) is 32.0. The van der Waals surface area contributed by atoms with Gasteiger partial charge in [-0.05, 0) is 43.4 Å². The number of imidazole rings is 1. The van der Waals surface area contributed by atoms with Gasteiger partial charge in [0.25, 0.3) is 0 Å². The van der Waals surface area contributed by atoms with E-state index in [9.17, 15) is 9.59 Å². The van der Waals surface area contributed by atoms with E-state index in [2.05, 4.69) is 40.2 Å². The molecule has 1 aromatic carbocycles. The zero-order valence-electron chi connectivity index (χ0n) is 17.0. The van der Waals surface area contributed by atoms with E-state index in [1.54, 1.807) is 0 Å². The summed E-state index contributed by atoms with van der Waals surface area (Å²) in [6, 6.07) is 16.5. The van der Waals surface area contributed by atoms with Gasteiger partial charge >= 0.3 is 0 Å². The number of pyridine rings is 1. The lowest BCUT2D eigenvalue weighted by Crippen LogP contribution is -2.51. The molecule has 0 radical (unpaired) electrons. The van der Waals surface area contributed by atoms with Crippen LogP contribution in [0.25, 0.3) is 5.65 Å². The van der Waals surface area contributed by atoms with E-state index in [0.29, 0.717) is 26.1 Å². The standard InChI is InChI=1S/C24H26N4O2/c29-22-19(9-6-13-25-22)23(30)27-15-11-24(12-16-27,18-7-2-1-3-8-18)20-17-28-14-5-4-10-21(28)26-20/h1-5,7-8,10,14,17,19H,6,9,11-13,15-16H2,(H,25,29). The molecular weight excluding hydrogens is 376 g/mol. The molecule has 2 aliphatic rings. The van der Waals surface area contributed by atoms with Crippen molar-refractivity contribution in [2.45, 2.75) is 31.1 Å². The highest BCUT2D eigenvalue weighted by atomic mass is 16.2. The van der Waals surface area contributed by atoms with Crippen LogP contribution in [0.4, 0.5) is 0 Å². The number of fused-ring (bicyclic) bond motifs is 1. The van der Waals surface area contributed by atoms with Crippen molar-refractivity contribution in [1.82, 2.24) is 19.6 Å². The number of nitrogens with one attached hydrogen (secondary N) is 1. The first kappa shape index (κ1) is 18.9. The number of benzene rings is 1. The molecule has 30 heavy (non-hydrogen) atoms. The second-order valence-electron chi connectivity index (χ2n) is 8.35. The molecule has 154 valence electrons. The molecule has 3 aromatic rings. The monoisotopic (exact) mass is 402 g/mol. The molecule has 6 heteroatoms. The Labute approximate surface area is 175 Å².